The van der Waals surface area contributed by atoms with E-state index in [1.54, 1.807) is 25.3 Å². The fourth-order valence-corrected chi connectivity index (χ4v) is 2.38. The van der Waals surface area contributed by atoms with E-state index >= 15 is 0 Å². The Kier molecular flexibility index (Phi) is 4.81. The largest absolute Gasteiger partial charge is 0.496 e. The third-order valence-electron chi connectivity index (χ3n) is 2.64. The molecule has 0 amide bonds. The summed E-state index contributed by atoms with van der Waals surface area (Å²) in [6, 6.07) is 10.8. The normalized spacial score (nSPS) is 10.3. The van der Waals surface area contributed by atoms with Gasteiger partial charge in [-0.05, 0) is 36.4 Å². The molecule has 0 aliphatic carbocycles. The van der Waals surface area contributed by atoms with Crippen LogP contribution in [0, 0.1) is 0 Å². The van der Waals surface area contributed by atoms with Crippen LogP contribution in [0.25, 0.3) is 0 Å². The molecule has 100 valence electrons. The van der Waals surface area contributed by atoms with Crippen molar-refractivity contribution < 1.29 is 4.74 Å². The van der Waals surface area contributed by atoms with Crippen molar-refractivity contribution in [2.45, 2.75) is 6.54 Å². The zero-order valence-corrected chi connectivity index (χ0v) is 12.5. The predicted octanol–water partition coefficient (Wildman–Crippen LogP) is 5.27. The van der Waals surface area contributed by atoms with E-state index in [9.17, 15) is 0 Å². The van der Waals surface area contributed by atoms with E-state index in [2.05, 4.69) is 5.32 Å². The van der Waals surface area contributed by atoms with Gasteiger partial charge in [-0.2, -0.15) is 0 Å². The van der Waals surface area contributed by atoms with Crippen molar-refractivity contribution in [2.75, 3.05) is 12.4 Å². The molecule has 0 unspecified atom stereocenters. The molecule has 0 heterocycles. The Labute approximate surface area is 127 Å². The lowest BCUT2D eigenvalue weighted by atomic mass is 10.2. The van der Waals surface area contributed by atoms with Crippen LogP contribution in [0.1, 0.15) is 5.56 Å². The SMILES string of the molecule is COc1ccc(Cl)cc1CNc1ccc(Cl)cc1Cl. The van der Waals surface area contributed by atoms with Gasteiger partial charge in [-0.3, -0.25) is 0 Å². The molecule has 0 saturated carbocycles. The van der Waals surface area contributed by atoms with Crippen molar-refractivity contribution in [3.8, 4) is 5.75 Å². The number of benzene rings is 2. The average Bonchev–Trinajstić information content (AvgIpc) is 2.38. The maximum atomic E-state index is 6.10. The van der Waals surface area contributed by atoms with Crippen LogP contribution in [-0.2, 0) is 6.54 Å². The van der Waals surface area contributed by atoms with E-state index in [0.717, 1.165) is 17.0 Å². The molecule has 2 nitrogen and oxygen atoms in total. The van der Waals surface area contributed by atoms with Gasteiger partial charge < -0.3 is 10.1 Å². The van der Waals surface area contributed by atoms with Crippen LogP contribution in [-0.4, -0.2) is 7.11 Å². The number of rotatable bonds is 4. The second-order valence-electron chi connectivity index (χ2n) is 3.93. The fourth-order valence-electron chi connectivity index (χ4n) is 1.71. The van der Waals surface area contributed by atoms with Crippen molar-refractivity contribution in [2.24, 2.45) is 0 Å². The molecule has 0 aliphatic heterocycles. The van der Waals surface area contributed by atoms with E-state index in [-0.39, 0.29) is 0 Å². The summed E-state index contributed by atoms with van der Waals surface area (Å²) in [6.45, 7) is 0.561. The maximum absolute atomic E-state index is 6.10. The number of nitrogens with one attached hydrogen (secondary N) is 1. The van der Waals surface area contributed by atoms with Crippen LogP contribution >= 0.6 is 34.8 Å². The Morgan fingerprint density at radius 3 is 2.37 bits per heavy atom. The van der Waals surface area contributed by atoms with Crippen molar-refractivity contribution in [1.29, 1.82) is 0 Å². The Morgan fingerprint density at radius 1 is 1.00 bits per heavy atom. The van der Waals surface area contributed by atoms with Gasteiger partial charge in [-0.25, -0.2) is 0 Å². The molecule has 1 N–H and O–H groups in total. The van der Waals surface area contributed by atoms with Gasteiger partial charge in [0.2, 0.25) is 0 Å². The number of methoxy groups -OCH3 is 1. The minimum absolute atomic E-state index is 0.561. The Hall–Kier alpha value is -1.09. The van der Waals surface area contributed by atoms with Crippen LogP contribution in [0.2, 0.25) is 15.1 Å². The Morgan fingerprint density at radius 2 is 1.68 bits per heavy atom. The van der Waals surface area contributed by atoms with E-state index in [0.29, 0.717) is 21.6 Å². The van der Waals surface area contributed by atoms with Gasteiger partial charge in [0.05, 0.1) is 17.8 Å². The second kappa shape index (κ2) is 6.38. The molecule has 0 aromatic heterocycles. The molecule has 2 aromatic carbocycles. The molecule has 0 radical (unpaired) electrons. The van der Waals surface area contributed by atoms with Crippen molar-refractivity contribution >= 4 is 40.5 Å². The molecule has 2 rings (SSSR count). The molecule has 0 spiro atoms. The third kappa shape index (κ3) is 3.69. The lowest BCUT2D eigenvalue weighted by molar-refractivity contribution is 0.410. The van der Waals surface area contributed by atoms with E-state index in [1.807, 2.05) is 18.2 Å². The first-order valence-corrected chi connectivity index (χ1v) is 6.75. The van der Waals surface area contributed by atoms with Crippen LogP contribution in [0.5, 0.6) is 5.75 Å². The van der Waals surface area contributed by atoms with Gasteiger partial charge in [0.25, 0.3) is 0 Å². The van der Waals surface area contributed by atoms with Gasteiger partial charge in [0.15, 0.2) is 0 Å². The van der Waals surface area contributed by atoms with Crippen molar-refractivity contribution in [1.82, 2.24) is 0 Å². The molecular weight excluding hydrogens is 305 g/mol. The second-order valence-corrected chi connectivity index (χ2v) is 5.21. The summed E-state index contributed by atoms with van der Waals surface area (Å²) in [5.74, 6) is 0.780. The van der Waals surface area contributed by atoms with Gasteiger partial charge in [0, 0.05) is 22.2 Å². The van der Waals surface area contributed by atoms with E-state index in [4.69, 9.17) is 39.5 Å². The van der Waals surface area contributed by atoms with Crippen LogP contribution in [0.3, 0.4) is 0 Å². The molecule has 0 aliphatic rings. The highest BCUT2D eigenvalue weighted by atomic mass is 35.5. The molecule has 5 heteroatoms. The molecular formula is C14H12Cl3NO. The standard InChI is InChI=1S/C14H12Cl3NO/c1-19-14-5-3-10(15)6-9(14)8-18-13-4-2-11(16)7-12(13)17/h2-7,18H,8H2,1H3. The quantitative estimate of drug-likeness (QED) is 0.830. The van der Waals surface area contributed by atoms with E-state index in [1.165, 1.54) is 0 Å². The smallest absolute Gasteiger partial charge is 0.123 e. The van der Waals surface area contributed by atoms with Crippen molar-refractivity contribution in [3.05, 3.63) is 57.0 Å². The fraction of sp³-hybridized carbons (Fsp3) is 0.143. The van der Waals surface area contributed by atoms with Crippen LogP contribution in [0.4, 0.5) is 5.69 Å². The van der Waals surface area contributed by atoms with E-state index < -0.39 is 0 Å². The van der Waals surface area contributed by atoms with Gasteiger partial charge in [0.1, 0.15) is 5.75 Å². The minimum atomic E-state index is 0.561. The first kappa shape index (κ1) is 14.3. The monoisotopic (exact) mass is 315 g/mol. The molecule has 0 fully saturated rings. The van der Waals surface area contributed by atoms with Crippen LogP contribution in [0.15, 0.2) is 36.4 Å². The predicted molar refractivity (Wildman–Crippen MR) is 81.8 cm³/mol. The highest BCUT2D eigenvalue weighted by molar-refractivity contribution is 6.36. The molecule has 0 atom stereocenters. The summed E-state index contributed by atoms with van der Waals surface area (Å²) >= 11 is 17.9. The Balaban J connectivity index is 2.16. The first-order chi connectivity index (χ1) is 9.10. The number of ether oxygens (including phenoxy) is 1. The van der Waals surface area contributed by atoms with Crippen molar-refractivity contribution in [3.63, 3.8) is 0 Å². The first-order valence-electron chi connectivity index (χ1n) is 5.61. The molecule has 19 heavy (non-hydrogen) atoms. The number of anilines is 1. The zero-order chi connectivity index (χ0) is 13.8. The Bertz CT molecular complexity index is 587. The summed E-state index contributed by atoms with van der Waals surface area (Å²) < 4.78 is 5.29. The van der Waals surface area contributed by atoms with Crippen LogP contribution < -0.4 is 10.1 Å². The average molecular weight is 317 g/mol. The summed E-state index contributed by atoms with van der Waals surface area (Å²) in [7, 11) is 1.63. The molecule has 0 saturated heterocycles. The lowest BCUT2D eigenvalue weighted by Crippen LogP contribution is -2.02. The minimum Gasteiger partial charge on any atom is -0.496 e. The summed E-state index contributed by atoms with van der Waals surface area (Å²) in [5, 5.41) is 5.08. The maximum Gasteiger partial charge on any atom is 0.123 e. The number of hydrogen-bond donors (Lipinski definition) is 1. The summed E-state index contributed by atoms with van der Waals surface area (Å²) in [4.78, 5) is 0. The zero-order valence-electron chi connectivity index (χ0n) is 10.2. The molecule has 0 bridgehead atoms. The third-order valence-corrected chi connectivity index (χ3v) is 3.43. The highest BCUT2D eigenvalue weighted by Crippen LogP contribution is 2.28. The number of hydrogen-bond acceptors (Lipinski definition) is 2. The summed E-state index contributed by atoms with van der Waals surface area (Å²) in [5.41, 5.74) is 1.77. The van der Waals surface area contributed by atoms with Gasteiger partial charge in [-0.1, -0.05) is 34.8 Å². The molecule has 2 aromatic rings. The topological polar surface area (TPSA) is 21.3 Å². The van der Waals surface area contributed by atoms with Gasteiger partial charge in [-0.15, -0.1) is 0 Å². The highest BCUT2D eigenvalue weighted by Gasteiger charge is 2.05. The number of halogens is 3. The van der Waals surface area contributed by atoms with Gasteiger partial charge >= 0.3 is 0 Å². The summed E-state index contributed by atoms with van der Waals surface area (Å²) in [6.07, 6.45) is 0. The lowest BCUT2D eigenvalue weighted by Gasteiger charge is -2.12.